The zero-order valence-corrected chi connectivity index (χ0v) is 9.18. The van der Waals surface area contributed by atoms with E-state index < -0.39 is 5.91 Å². The van der Waals surface area contributed by atoms with Gasteiger partial charge >= 0.3 is 0 Å². The van der Waals surface area contributed by atoms with Gasteiger partial charge in [0, 0.05) is 15.8 Å². The van der Waals surface area contributed by atoms with Crippen LogP contribution in [0.2, 0.25) is 0 Å². The maximum Gasteiger partial charge on any atom is 0.251 e. The first-order chi connectivity index (χ1) is 6.49. The lowest BCUT2D eigenvalue weighted by atomic mass is 9.93. The summed E-state index contributed by atoms with van der Waals surface area (Å²) in [6.07, 6.45) is 3.15. The largest absolute Gasteiger partial charge is 0.398 e. The van der Waals surface area contributed by atoms with Crippen molar-refractivity contribution in [3.63, 3.8) is 0 Å². The van der Waals surface area contributed by atoms with E-state index in [0.717, 1.165) is 0 Å². The molecular formula is C9H10BrN3O. The van der Waals surface area contributed by atoms with Gasteiger partial charge in [-0.25, -0.2) is 0 Å². The fraction of sp³-hybridized carbons (Fsp3) is 0.111. The number of hydrogen-bond acceptors (Lipinski definition) is 3. The minimum atomic E-state index is -0.614. The third kappa shape index (κ3) is 1.63. The number of allylic oxidation sites excluding steroid dienone is 3. The van der Waals surface area contributed by atoms with Crippen LogP contribution < -0.4 is 11.5 Å². The summed E-state index contributed by atoms with van der Waals surface area (Å²) in [6, 6.07) is 0. The molecule has 4 nitrogen and oxygen atoms in total. The Morgan fingerprint density at radius 2 is 2.21 bits per heavy atom. The van der Waals surface area contributed by atoms with Gasteiger partial charge in [-0.05, 0) is 28.9 Å². The molecule has 1 aliphatic rings. The molecule has 0 fully saturated rings. The Balaban J connectivity index is 3.41. The maximum atomic E-state index is 11.1. The third-order valence-electron chi connectivity index (χ3n) is 1.88. The second-order valence-corrected chi connectivity index (χ2v) is 3.62. The molecule has 0 aliphatic heterocycles. The quantitative estimate of drug-likeness (QED) is 0.651. The van der Waals surface area contributed by atoms with E-state index in [4.69, 9.17) is 16.9 Å². The van der Waals surface area contributed by atoms with Crippen LogP contribution in [-0.2, 0) is 4.79 Å². The van der Waals surface area contributed by atoms with Crippen molar-refractivity contribution in [2.24, 2.45) is 11.5 Å². The number of carbonyl (C=O) groups is 1. The topological polar surface area (TPSA) is 93.0 Å². The van der Waals surface area contributed by atoms with E-state index in [1.807, 2.05) is 0 Å². The summed E-state index contributed by atoms with van der Waals surface area (Å²) < 4.78 is 0.549. The van der Waals surface area contributed by atoms with Gasteiger partial charge < -0.3 is 11.5 Å². The highest BCUT2D eigenvalue weighted by molar-refractivity contribution is 9.12. The molecule has 1 amide bonds. The predicted molar refractivity (Wildman–Crippen MR) is 58.9 cm³/mol. The number of halogens is 1. The molecule has 0 unspecified atom stereocenters. The lowest BCUT2D eigenvalue weighted by molar-refractivity contribution is -0.114. The highest BCUT2D eigenvalue weighted by Gasteiger charge is 2.23. The van der Waals surface area contributed by atoms with Gasteiger partial charge in [0.05, 0.1) is 11.3 Å². The number of nitrogens with one attached hydrogen (secondary N) is 1. The predicted octanol–water partition coefficient (Wildman–Crippen LogP) is 0.943. The van der Waals surface area contributed by atoms with Crippen molar-refractivity contribution in [3.8, 4) is 0 Å². The van der Waals surface area contributed by atoms with Crippen LogP contribution in [0.25, 0.3) is 0 Å². The first kappa shape index (κ1) is 10.7. The first-order valence-electron chi connectivity index (χ1n) is 3.91. The zero-order chi connectivity index (χ0) is 10.9. The summed E-state index contributed by atoms with van der Waals surface area (Å²) in [5, 5.41) is 7.68. The van der Waals surface area contributed by atoms with E-state index in [-0.39, 0.29) is 17.0 Å². The first-order valence-corrected chi connectivity index (χ1v) is 4.71. The number of amides is 1. The van der Waals surface area contributed by atoms with Gasteiger partial charge in [0.15, 0.2) is 0 Å². The molecule has 0 heterocycles. The van der Waals surface area contributed by atoms with E-state index >= 15 is 0 Å². The van der Waals surface area contributed by atoms with Crippen LogP contribution in [0.1, 0.15) is 6.92 Å². The van der Waals surface area contributed by atoms with Crippen LogP contribution in [0.4, 0.5) is 0 Å². The molecule has 0 atom stereocenters. The maximum absolute atomic E-state index is 11.1. The summed E-state index contributed by atoms with van der Waals surface area (Å²) in [7, 11) is 0. The molecule has 5 heteroatoms. The number of hydrogen-bond donors (Lipinski definition) is 3. The Hall–Kier alpha value is -1.36. The Morgan fingerprint density at radius 3 is 2.64 bits per heavy atom. The fourth-order valence-corrected chi connectivity index (χ4v) is 1.71. The Labute approximate surface area is 90.0 Å². The van der Waals surface area contributed by atoms with Crippen LogP contribution in [0.3, 0.4) is 0 Å². The lowest BCUT2D eigenvalue weighted by Crippen LogP contribution is -2.25. The van der Waals surface area contributed by atoms with E-state index in [9.17, 15) is 4.79 Å². The van der Waals surface area contributed by atoms with Crippen LogP contribution >= 0.6 is 15.9 Å². The molecule has 0 spiro atoms. The molecule has 1 aliphatic carbocycles. The van der Waals surface area contributed by atoms with Gasteiger partial charge in [-0.15, -0.1) is 0 Å². The second kappa shape index (κ2) is 3.79. The zero-order valence-electron chi connectivity index (χ0n) is 7.60. The van der Waals surface area contributed by atoms with Crippen LogP contribution in [0.15, 0.2) is 33.5 Å². The molecule has 0 saturated carbocycles. The molecule has 0 saturated heterocycles. The van der Waals surface area contributed by atoms with Crippen molar-refractivity contribution in [1.29, 1.82) is 5.41 Å². The molecule has 0 aromatic carbocycles. The molecule has 0 aromatic heterocycles. The summed E-state index contributed by atoms with van der Waals surface area (Å²) in [5.74, 6) is -0.614. The van der Waals surface area contributed by atoms with Gasteiger partial charge in [0.1, 0.15) is 0 Å². The summed E-state index contributed by atoms with van der Waals surface area (Å²) >= 11 is 3.18. The van der Waals surface area contributed by atoms with Gasteiger partial charge in [-0.2, -0.15) is 0 Å². The van der Waals surface area contributed by atoms with Crippen molar-refractivity contribution in [2.75, 3.05) is 0 Å². The van der Waals surface area contributed by atoms with Gasteiger partial charge in [-0.3, -0.25) is 10.2 Å². The normalized spacial score (nSPS) is 20.0. The Morgan fingerprint density at radius 1 is 1.64 bits per heavy atom. The average molecular weight is 256 g/mol. The van der Waals surface area contributed by atoms with Gasteiger partial charge in [0.25, 0.3) is 5.91 Å². The SMILES string of the molecule is C/C=C1\C(=N)C(Br)=CC(N)=C1C(N)=O. The van der Waals surface area contributed by atoms with Gasteiger partial charge in [-0.1, -0.05) is 6.08 Å². The molecule has 0 radical (unpaired) electrons. The molecule has 5 N–H and O–H groups in total. The van der Waals surface area contributed by atoms with Crippen molar-refractivity contribution in [2.45, 2.75) is 6.92 Å². The van der Waals surface area contributed by atoms with Crippen LogP contribution in [0.5, 0.6) is 0 Å². The van der Waals surface area contributed by atoms with Crippen molar-refractivity contribution in [3.05, 3.63) is 33.5 Å². The van der Waals surface area contributed by atoms with E-state index in [1.165, 1.54) is 6.08 Å². The highest BCUT2D eigenvalue weighted by atomic mass is 79.9. The smallest absolute Gasteiger partial charge is 0.251 e. The summed E-state index contributed by atoms with van der Waals surface area (Å²) in [6.45, 7) is 1.73. The minimum Gasteiger partial charge on any atom is -0.398 e. The molecule has 0 aromatic rings. The Kier molecular flexibility index (Phi) is 2.90. The minimum absolute atomic E-state index is 0.209. The van der Waals surface area contributed by atoms with E-state index in [1.54, 1.807) is 13.0 Å². The molecular weight excluding hydrogens is 246 g/mol. The van der Waals surface area contributed by atoms with Crippen molar-refractivity contribution >= 4 is 27.5 Å². The van der Waals surface area contributed by atoms with Crippen molar-refractivity contribution < 1.29 is 4.79 Å². The number of primary amides is 1. The van der Waals surface area contributed by atoms with E-state index in [0.29, 0.717) is 10.1 Å². The number of carbonyl (C=O) groups excluding carboxylic acids is 1. The monoisotopic (exact) mass is 255 g/mol. The van der Waals surface area contributed by atoms with Gasteiger partial charge in [0.2, 0.25) is 0 Å². The standard InChI is InChI=1S/C9H10BrN3O/c1-2-4-7(9(13)14)6(11)3-5(10)8(4)12/h2-3,12H,11H2,1H3,(H2,13,14)/b4-2-,12-8?. The fourth-order valence-electron chi connectivity index (χ4n) is 1.25. The number of nitrogens with two attached hydrogens (primary N) is 2. The van der Waals surface area contributed by atoms with Crippen LogP contribution in [-0.4, -0.2) is 11.6 Å². The second-order valence-electron chi connectivity index (χ2n) is 2.76. The lowest BCUT2D eigenvalue weighted by Gasteiger charge is -2.16. The summed E-state index contributed by atoms with van der Waals surface area (Å²) in [4.78, 5) is 11.1. The third-order valence-corrected chi connectivity index (χ3v) is 2.51. The van der Waals surface area contributed by atoms with E-state index in [2.05, 4.69) is 15.9 Å². The average Bonchev–Trinajstić information content (AvgIpc) is 2.09. The highest BCUT2D eigenvalue weighted by Crippen LogP contribution is 2.27. The van der Waals surface area contributed by atoms with Crippen LogP contribution in [0, 0.1) is 5.41 Å². The Bertz CT molecular complexity index is 402. The molecule has 74 valence electrons. The summed E-state index contributed by atoms with van der Waals surface area (Å²) in [5.41, 5.74) is 12.0. The molecule has 0 bridgehead atoms. The molecule has 1 rings (SSSR count). The number of rotatable bonds is 1. The van der Waals surface area contributed by atoms with Crippen molar-refractivity contribution in [1.82, 2.24) is 0 Å². The molecule has 14 heavy (non-hydrogen) atoms.